The lowest BCUT2D eigenvalue weighted by molar-refractivity contribution is 0.0697. The summed E-state index contributed by atoms with van der Waals surface area (Å²) in [5, 5.41) is 16.4. The summed E-state index contributed by atoms with van der Waals surface area (Å²) in [6.45, 7) is 2.92. The molecule has 0 unspecified atom stereocenters. The number of carboxylic acids is 1. The summed E-state index contributed by atoms with van der Waals surface area (Å²) in [7, 11) is 1.66. The van der Waals surface area contributed by atoms with Gasteiger partial charge in [0.15, 0.2) is 0 Å². The van der Waals surface area contributed by atoms with E-state index in [1.807, 2.05) is 24.3 Å². The molecule has 1 fully saturated rings. The van der Waals surface area contributed by atoms with Crippen LogP contribution in [0.2, 0.25) is 0 Å². The Labute approximate surface area is 180 Å². The van der Waals surface area contributed by atoms with Crippen LogP contribution in [0.1, 0.15) is 40.7 Å². The number of rotatable bonds is 9. The summed E-state index contributed by atoms with van der Waals surface area (Å²) in [6.07, 6.45) is 3.70. The van der Waals surface area contributed by atoms with Crippen LogP contribution in [0.4, 0.5) is 5.82 Å². The highest BCUT2D eigenvalue weighted by Crippen LogP contribution is 2.33. The number of nitrogens with zero attached hydrogens (tertiary/aromatic N) is 4. The van der Waals surface area contributed by atoms with Gasteiger partial charge < -0.3 is 19.7 Å². The lowest BCUT2D eigenvalue weighted by Crippen LogP contribution is -2.23. The van der Waals surface area contributed by atoms with E-state index in [1.54, 1.807) is 25.4 Å². The van der Waals surface area contributed by atoms with E-state index in [0.717, 1.165) is 36.3 Å². The summed E-state index contributed by atoms with van der Waals surface area (Å²) < 4.78 is 10.6. The van der Waals surface area contributed by atoms with Crippen molar-refractivity contribution in [2.24, 2.45) is 0 Å². The third-order valence-electron chi connectivity index (χ3n) is 5.31. The van der Waals surface area contributed by atoms with E-state index in [4.69, 9.17) is 14.4 Å². The maximum atomic E-state index is 11.0. The van der Waals surface area contributed by atoms with Gasteiger partial charge in [0.2, 0.25) is 11.7 Å². The van der Waals surface area contributed by atoms with Crippen molar-refractivity contribution in [1.29, 1.82) is 0 Å². The van der Waals surface area contributed by atoms with Crippen LogP contribution in [0.3, 0.4) is 0 Å². The minimum Gasteiger partial charge on any atom is -0.478 e. The Morgan fingerprint density at radius 3 is 2.84 bits per heavy atom. The minimum atomic E-state index is -0.919. The van der Waals surface area contributed by atoms with Crippen LogP contribution in [0, 0.1) is 0 Å². The molecule has 0 spiro atoms. The van der Waals surface area contributed by atoms with Crippen LogP contribution >= 0.6 is 0 Å². The Hall–Kier alpha value is -3.30. The van der Waals surface area contributed by atoms with Crippen LogP contribution in [0.25, 0.3) is 11.4 Å². The SMILES string of the molecule is COCCNc1ccc(-c2noc([C@H]3CCCN3Cc3ccc(C(=O)O)cc3)n2)cn1. The highest BCUT2D eigenvalue weighted by atomic mass is 16.5. The highest BCUT2D eigenvalue weighted by Gasteiger charge is 2.30. The number of methoxy groups -OCH3 is 1. The molecule has 4 rings (SSSR count). The van der Waals surface area contributed by atoms with Crippen molar-refractivity contribution < 1.29 is 19.2 Å². The zero-order valence-electron chi connectivity index (χ0n) is 17.3. The number of aromatic nitrogens is 3. The molecule has 1 saturated heterocycles. The van der Waals surface area contributed by atoms with Gasteiger partial charge >= 0.3 is 5.97 Å². The van der Waals surface area contributed by atoms with Crippen molar-refractivity contribution >= 4 is 11.8 Å². The molecular weight excluding hydrogens is 398 g/mol. The smallest absolute Gasteiger partial charge is 0.335 e. The quantitative estimate of drug-likeness (QED) is 0.501. The van der Waals surface area contributed by atoms with Crippen molar-refractivity contribution in [3.8, 4) is 11.4 Å². The molecule has 1 aliphatic heterocycles. The van der Waals surface area contributed by atoms with Crippen LogP contribution in [0.15, 0.2) is 47.1 Å². The molecule has 3 aromatic rings. The number of hydrogen-bond acceptors (Lipinski definition) is 8. The second kappa shape index (κ2) is 9.67. The van der Waals surface area contributed by atoms with E-state index in [1.165, 1.54) is 0 Å². The molecular formula is C22H25N5O4. The fourth-order valence-electron chi connectivity index (χ4n) is 3.68. The topological polar surface area (TPSA) is 114 Å². The van der Waals surface area contributed by atoms with Crippen LogP contribution < -0.4 is 5.32 Å². The largest absolute Gasteiger partial charge is 0.478 e. The predicted molar refractivity (Wildman–Crippen MR) is 114 cm³/mol. The van der Waals surface area contributed by atoms with Crippen LogP contribution in [0.5, 0.6) is 0 Å². The molecule has 1 aromatic carbocycles. The molecule has 1 aliphatic rings. The van der Waals surface area contributed by atoms with E-state index in [2.05, 4.69) is 25.3 Å². The third-order valence-corrected chi connectivity index (χ3v) is 5.31. The molecule has 2 aromatic heterocycles. The van der Waals surface area contributed by atoms with Gasteiger partial charge in [0, 0.05) is 32.0 Å². The number of pyridine rings is 1. The molecule has 0 aliphatic carbocycles. The number of nitrogens with one attached hydrogen (secondary N) is 1. The number of anilines is 1. The van der Waals surface area contributed by atoms with Gasteiger partial charge in [0.05, 0.1) is 18.2 Å². The van der Waals surface area contributed by atoms with Gasteiger partial charge in [-0.25, -0.2) is 9.78 Å². The van der Waals surface area contributed by atoms with E-state index >= 15 is 0 Å². The number of hydrogen-bond donors (Lipinski definition) is 2. The van der Waals surface area contributed by atoms with Crippen molar-refractivity contribution in [3.05, 3.63) is 59.6 Å². The number of aromatic carboxylic acids is 1. The zero-order valence-corrected chi connectivity index (χ0v) is 17.3. The van der Waals surface area contributed by atoms with Crippen LogP contribution in [-0.2, 0) is 11.3 Å². The maximum Gasteiger partial charge on any atom is 0.335 e. The molecule has 9 heteroatoms. The monoisotopic (exact) mass is 423 g/mol. The van der Waals surface area contributed by atoms with E-state index < -0.39 is 5.97 Å². The first-order valence-electron chi connectivity index (χ1n) is 10.2. The van der Waals surface area contributed by atoms with Gasteiger partial charge in [0.25, 0.3) is 0 Å². The molecule has 0 bridgehead atoms. The van der Waals surface area contributed by atoms with Crippen LogP contribution in [-0.4, -0.2) is 57.9 Å². The highest BCUT2D eigenvalue weighted by molar-refractivity contribution is 5.87. The first-order chi connectivity index (χ1) is 15.1. The van der Waals surface area contributed by atoms with Gasteiger partial charge in [-0.05, 0) is 49.2 Å². The molecule has 31 heavy (non-hydrogen) atoms. The second-order valence-corrected chi connectivity index (χ2v) is 7.44. The molecule has 0 amide bonds. The minimum absolute atomic E-state index is 0.0448. The molecule has 162 valence electrons. The number of benzene rings is 1. The third kappa shape index (κ3) is 5.07. The summed E-state index contributed by atoms with van der Waals surface area (Å²) in [5.74, 6) is 0.957. The van der Waals surface area contributed by atoms with Gasteiger partial charge in [-0.3, -0.25) is 4.90 Å². The van der Waals surface area contributed by atoms with Gasteiger partial charge in [-0.15, -0.1) is 0 Å². The van der Waals surface area contributed by atoms with Crippen molar-refractivity contribution in [2.75, 3.05) is 32.1 Å². The fraction of sp³-hybridized carbons (Fsp3) is 0.364. The molecule has 9 nitrogen and oxygen atoms in total. The summed E-state index contributed by atoms with van der Waals surface area (Å²) in [6, 6.07) is 10.8. The van der Waals surface area contributed by atoms with Crippen molar-refractivity contribution in [2.45, 2.75) is 25.4 Å². The number of carbonyl (C=O) groups is 1. The average molecular weight is 423 g/mol. The van der Waals surface area contributed by atoms with Gasteiger partial charge in [-0.2, -0.15) is 4.98 Å². The first-order valence-corrected chi connectivity index (χ1v) is 10.2. The molecule has 1 atom stereocenters. The zero-order chi connectivity index (χ0) is 21.6. The lowest BCUT2D eigenvalue weighted by Gasteiger charge is -2.21. The summed E-state index contributed by atoms with van der Waals surface area (Å²) in [5.41, 5.74) is 2.13. The second-order valence-electron chi connectivity index (χ2n) is 7.44. The normalized spacial score (nSPS) is 16.5. The standard InChI is InChI=1S/C22H25N5O4/c1-30-12-10-23-19-9-8-17(13-24-19)20-25-21(31-26-20)18-3-2-11-27(18)14-15-4-6-16(7-5-15)22(28)29/h4-9,13,18H,2-3,10-12,14H2,1H3,(H,23,24)(H,28,29)/t18-/m1/s1. The first kappa shape index (κ1) is 21.0. The number of ether oxygens (including phenoxy) is 1. The fourth-order valence-corrected chi connectivity index (χ4v) is 3.68. The Morgan fingerprint density at radius 2 is 2.13 bits per heavy atom. The van der Waals surface area contributed by atoms with Gasteiger partial charge in [0.1, 0.15) is 5.82 Å². The molecule has 3 heterocycles. The Balaban J connectivity index is 1.42. The van der Waals surface area contributed by atoms with Gasteiger partial charge in [-0.1, -0.05) is 17.3 Å². The van der Waals surface area contributed by atoms with E-state index in [-0.39, 0.29) is 11.6 Å². The maximum absolute atomic E-state index is 11.0. The Kier molecular flexibility index (Phi) is 6.54. The summed E-state index contributed by atoms with van der Waals surface area (Å²) in [4.78, 5) is 22.3. The Bertz CT molecular complexity index is 1000. The van der Waals surface area contributed by atoms with E-state index in [0.29, 0.717) is 31.4 Å². The molecule has 0 saturated carbocycles. The predicted octanol–water partition coefficient (Wildman–Crippen LogP) is 3.23. The lowest BCUT2D eigenvalue weighted by atomic mass is 10.1. The number of carboxylic acid groups (broad SMARTS) is 1. The summed E-state index contributed by atoms with van der Waals surface area (Å²) >= 11 is 0. The van der Waals surface area contributed by atoms with Crippen molar-refractivity contribution in [3.63, 3.8) is 0 Å². The van der Waals surface area contributed by atoms with E-state index in [9.17, 15) is 4.79 Å². The number of likely N-dealkylation sites (tertiary alicyclic amines) is 1. The Morgan fingerprint density at radius 1 is 1.29 bits per heavy atom. The molecule has 0 radical (unpaired) electrons. The van der Waals surface area contributed by atoms with Crippen molar-refractivity contribution in [1.82, 2.24) is 20.0 Å². The average Bonchev–Trinajstić information content (AvgIpc) is 3.44. The molecule has 2 N–H and O–H groups in total.